The van der Waals surface area contributed by atoms with E-state index in [1.54, 1.807) is 12.4 Å². The Morgan fingerprint density at radius 1 is 1.73 bits per heavy atom. The van der Waals surface area contributed by atoms with E-state index in [-0.39, 0.29) is 13.0 Å². The molecule has 5 nitrogen and oxygen atoms in total. The smallest absolute Gasteiger partial charge is 0.305 e. The van der Waals surface area contributed by atoms with Crippen molar-refractivity contribution in [2.75, 3.05) is 19.7 Å². The van der Waals surface area contributed by atoms with Crippen LogP contribution in [0.2, 0.25) is 0 Å². The summed E-state index contributed by atoms with van der Waals surface area (Å²) < 4.78 is 0. The van der Waals surface area contributed by atoms with Gasteiger partial charge in [0.05, 0.1) is 24.8 Å². The normalized spacial score (nSPS) is 24.5. The topological polar surface area (TPSA) is 73.1 Å². The Bertz CT molecular complexity index is 278. The maximum Gasteiger partial charge on any atom is 0.305 e. The zero-order chi connectivity index (χ0) is 11.3. The van der Waals surface area contributed by atoms with Gasteiger partial charge in [0, 0.05) is 13.2 Å². The fourth-order valence-electron chi connectivity index (χ4n) is 1.86. The molecule has 0 aromatic carbocycles. The van der Waals surface area contributed by atoms with E-state index in [9.17, 15) is 4.79 Å². The van der Waals surface area contributed by atoms with Gasteiger partial charge in [-0.05, 0) is 6.42 Å². The lowest BCUT2D eigenvalue weighted by molar-refractivity contribution is -0.139. The molecule has 84 valence electrons. The number of carboxylic acid groups (broad SMARTS) is 1. The molecular formula is C10H16N2O3. The van der Waals surface area contributed by atoms with E-state index < -0.39 is 11.5 Å². The molecule has 5 heteroatoms. The molecule has 1 unspecified atom stereocenters. The average Bonchev–Trinajstić information content (AvgIpc) is 2.49. The first-order valence-corrected chi connectivity index (χ1v) is 4.85. The van der Waals surface area contributed by atoms with Crippen LogP contribution in [0.25, 0.3) is 0 Å². The van der Waals surface area contributed by atoms with Gasteiger partial charge in [-0.15, -0.1) is 6.58 Å². The first kappa shape index (κ1) is 11.7. The fourth-order valence-corrected chi connectivity index (χ4v) is 1.86. The average molecular weight is 212 g/mol. The second kappa shape index (κ2) is 4.93. The predicted octanol–water partition coefficient (Wildman–Crippen LogP) is 0.112. The van der Waals surface area contributed by atoms with Gasteiger partial charge in [-0.1, -0.05) is 6.08 Å². The van der Waals surface area contributed by atoms with Crippen molar-refractivity contribution in [3.05, 3.63) is 12.7 Å². The lowest BCUT2D eigenvalue weighted by Gasteiger charge is -2.36. The molecule has 0 saturated heterocycles. The van der Waals surface area contributed by atoms with Crippen LogP contribution >= 0.6 is 0 Å². The van der Waals surface area contributed by atoms with Gasteiger partial charge in [0.2, 0.25) is 0 Å². The van der Waals surface area contributed by atoms with Crippen LogP contribution in [0.5, 0.6) is 0 Å². The zero-order valence-corrected chi connectivity index (χ0v) is 8.59. The maximum atomic E-state index is 10.8. The quantitative estimate of drug-likeness (QED) is 0.613. The molecular weight excluding hydrogens is 196 g/mol. The Hall–Kier alpha value is -1.36. The molecule has 0 saturated carbocycles. The number of aliphatic imine (C=N–C) groups is 1. The van der Waals surface area contributed by atoms with E-state index >= 15 is 0 Å². The van der Waals surface area contributed by atoms with Gasteiger partial charge in [0.25, 0.3) is 0 Å². The van der Waals surface area contributed by atoms with E-state index in [1.165, 1.54) is 0 Å². The van der Waals surface area contributed by atoms with Crippen LogP contribution in [0, 0.1) is 0 Å². The SMILES string of the molecule is C=CCN1C=NCC1(CCO)CC(=O)O. The highest BCUT2D eigenvalue weighted by Gasteiger charge is 2.39. The summed E-state index contributed by atoms with van der Waals surface area (Å²) in [5.41, 5.74) is -0.575. The molecule has 0 spiro atoms. The molecule has 1 atom stereocenters. The van der Waals surface area contributed by atoms with Crippen molar-refractivity contribution in [1.29, 1.82) is 0 Å². The second-order valence-electron chi connectivity index (χ2n) is 3.67. The number of aliphatic hydroxyl groups excluding tert-OH is 1. The molecule has 1 heterocycles. The Labute approximate surface area is 88.7 Å². The van der Waals surface area contributed by atoms with Crippen molar-refractivity contribution < 1.29 is 15.0 Å². The van der Waals surface area contributed by atoms with Crippen molar-refractivity contribution in [2.45, 2.75) is 18.4 Å². The summed E-state index contributed by atoms with van der Waals surface area (Å²) >= 11 is 0. The Balaban J connectivity index is 2.79. The summed E-state index contributed by atoms with van der Waals surface area (Å²) in [6, 6.07) is 0. The molecule has 15 heavy (non-hydrogen) atoms. The molecule has 0 bridgehead atoms. The van der Waals surface area contributed by atoms with E-state index in [4.69, 9.17) is 10.2 Å². The number of carboxylic acids is 1. The highest BCUT2D eigenvalue weighted by molar-refractivity contribution is 5.71. The van der Waals surface area contributed by atoms with E-state index in [0.29, 0.717) is 19.5 Å². The Morgan fingerprint density at radius 3 is 3.00 bits per heavy atom. The lowest BCUT2D eigenvalue weighted by atomic mass is 9.90. The van der Waals surface area contributed by atoms with Crippen LogP contribution < -0.4 is 0 Å². The number of hydrogen-bond donors (Lipinski definition) is 2. The van der Waals surface area contributed by atoms with Crippen LogP contribution in [0.3, 0.4) is 0 Å². The van der Waals surface area contributed by atoms with Crippen molar-refractivity contribution in [2.24, 2.45) is 4.99 Å². The molecule has 0 aromatic heterocycles. The molecule has 1 rings (SSSR count). The minimum absolute atomic E-state index is 0.0125. The van der Waals surface area contributed by atoms with Gasteiger partial charge >= 0.3 is 5.97 Å². The van der Waals surface area contributed by atoms with E-state index in [1.807, 2.05) is 4.90 Å². The van der Waals surface area contributed by atoms with Crippen LogP contribution in [0.1, 0.15) is 12.8 Å². The summed E-state index contributed by atoms with van der Waals surface area (Å²) in [4.78, 5) is 16.7. The fraction of sp³-hybridized carbons (Fsp3) is 0.600. The van der Waals surface area contributed by atoms with Crippen LogP contribution in [0.4, 0.5) is 0 Å². The third-order valence-electron chi connectivity index (χ3n) is 2.60. The number of rotatable bonds is 6. The van der Waals surface area contributed by atoms with E-state index in [2.05, 4.69) is 11.6 Å². The van der Waals surface area contributed by atoms with Gasteiger partial charge in [-0.2, -0.15) is 0 Å². The number of hydrogen-bond acceptors (Lipinski definition) is 4. The third-order valence-corrected chi connectivity index (χ3v) is 2.60. The molecule has 1 aliphatic heterocycles. The first-order chi connectivity index (χ1) is 7.14. The first-order valence-electron chi connectivity index (χ1n) is 4.85. The highest BCUT2D eigenvalue weighted by atomic mass is 16.4. The summed E-state index contributed by atoms with van der Waals surface area (Å²) in [6.07, 6.45) is 3.74. The standard InChI is InChI=1S/C10H16N2O3/c1-2-4-12-8-11-7-10(12,3-5-13)6-9(14)15/h2,8,13H,1,3-7H2,(H,14,15). The molecule has 0 amide bonds. The van der Waals surface area contributed by atoms with Crippen LogP contribution in [-0.2, 0) is 4.79 Å². The molecule has 0 radical (unpaired) electrons. The van der Waals surface area contributed by atoms with Crippen molar-refractivity contribution >= 4 is 12.3 Å². The van der Waals surface area contributed by atoms with Crippen LogP contribution in [-0.4, -0.2) is 52.7 Å². The van der Waals surface area contributed by atoms with Gasteiger partial charge < -0.3 is 15.1 Å². The molecule has 2 N–H and O–H groups in total. The summed E-state index contributed by atoms with van der Waals surface area (Å²) in [7, 11) is 0. The lowest BCUT2D eigenvalue weighted by Crippen LogP contribution is -2.49. The minimum atomic E-state index is -0.872. The zero-order valence-electron chi connectivity index (χ0n) is 8.59. The molecule has 0 fully saturated rings. The van der Waals surface area contributed by atoms with Crippen molar-refractivity contribution in [3.8, 4) is 0 Å². The van der Waals surface area contributed by atoms with Gasteiger partial charge in [-0.25, -0.2) is 0 Å². The summed E-state index contributed by atoms with van der Waals surface area (Å²) in [5, 5.41) is 17.9. The second-order valence-corrected chi connectivity index (χ2v) is 3.67. The minimum Gasteiger partial charge on any atom is -0.481 e. The Kier molecular flexibility index (Phi) is 3.85. The maximum absolute atomic E-state index is 10.8. The number of aliphatic carboxylic acids is 1. The number of carbonyl (C=O) groups is 1. The van der Waals surface area contributed by atoms with Crippen molar-refractivity contribution in [1.82, 2.24) is 4.90 Å². The monoisotopic (exact) mass is 212 g/mol. The van der Waals surface area contributed by atoms with Crippen molar-refractivity contribution in [3.63, 3.8) is 0 Å². The van der Waals surface area contributed by atoms with Gasteiger partial charge in [0.1, 0.15) is 0 Å². The predicted molar refractivity (Wildman–Crippen MR) is 56.9 cm³/mol. The number of aliphatic hydroxyl groups is 1. The van der Waals surface area contributed by atoms with E-state index in [0.717, 1.165) is 0 Å². The third kappa shape index (κ3) is 2.56. The van der Waals surface area contributed by atoms with Gasteiger partial charge in [-0.3, -0.25) is 9.79 Å². The Morgan fingerprint density at radius 2 is 2.47 bits per heavy atom. The van der Waals surface area contributed by atoms with Crippen LogP contribution in [0.15, 0.2) is 17.6 Å². The summed E-state index contributed by atoms with van der Waals surface area (Å²) in [5.74, 6) is -0.872. The largest absolute Gasteiger partial charge is 0.481 e. The summed E-state index contributed by atoms with van der Waals surface area (Å²) in [6.45, 7) is 4.55. The highest BCUT2D eigenvalue weighted by Crippen LogP contribution is 2.27. The van der Waals surface area contributed by atoms with Gasteiger partial charge in [0.15, 0.2) is 0 Å². The number of nitrogens with zero attached hydrogens (tertiary/aromatic N) is 2. The molecule has 0 aromatic rings. The molecule has 0 aliphatic carbocycles. The molecule has 1 aliphatic rings.